The van der Waals surface area contributed by atoms with Crippen molar-refractivity contribution in [2.45, 2.75) is 25.5 Å². The van der Waals surface area contributed by atoms with Gasteiger partial charge in [-0.1, -0.05) is 30.3 Å². The van der Waals surface area contributed by atoms with Crippen LogP contribution in [0.3, 0.4) is 0 Å². The first-order valence-corrected chi connectivity index (χ1v) is 8.07. The summed E-state index contributed by atoms with van der Waals surface area (Å²) in [6.07, 6.45) is 2.19. The predicted octanol–water partition coefficient (Wildman–Crippen LogP) is 1.64. The van der Waals surface area contributed by atoms with Gasteiger partial charge in [-0.3, -0.25) is 4.79 Å². The molecule has 0 bridgehead atoms. The van der Waals surface area contributed by atoms with Crippen molar-refractivity contribution in [1.29, 1.82) is 0 Å². The van der Waals surface area contributed by atoms with Gasteiger partial charge < -0.3 is 15.4 Å². The quantitative estimate of drug-likeness (QED) is 0.927. The molecule has 1 amide bonds. The number of methoxy groups -OCH3 is 1. The van der Waals surface area contributed by atoms with Crippen molar-refractivity contribution in [1.82, 2.24) is 14.9 Å². The second-order valence-corrected chi connectivity index (χ2v) is 6.02. The molecule has 6 nitrogen and oxygen atoms in total. The summed E-state index contributed by atoms with van der Waals surface area (Å²) in [6.45, 7) is 2.92. The number of aromatic nitrogens is 2. The average molecular weight is 326 g/mol. The third-order valence-electron chi connectivity index (χ3n) is 4.39. The third kappa shape index (κ3) is 3.29. The maximum absolute atomic E-state index is 13.0. The number of amides is 1. The van der Waals surface area contributed by atoms with E-state index in [-0.39, 0.29) is 18.1 Å². The van der Waals surface area contributed by atoms with Gasteiger partial charge in [0.1, 0.15) is 5.82 Å². The maximum Gasteiger partial charge on any atom is 0.257 e. The number of aryl methyl sites for hydroxylation is 1. The summed E-state index contributed by atoms with van der Waals surface area (Å²) < 4.78 is 5.40. The van der Waals surface area contributed by atoms with Gasteiger partial charge in [0.15, 0.2) is 0 Å². The van der Waals surface area contributed by atoms with Gasteiger partial charge in [0.2, 0.25) is 0 Å². The molecule has 24 heavy (non-hydrogen) atoms. The molecule has 2 N–H and O–H groups in total. The van der Waals surface area contributed by atoms with Crippen molar-refractivity contribution >= 4 is 5.91 Å². The Morgan fingerprint density at radius 1 is 1.33 bits per heavy atom. The van der Waals surface area contributed by atoms with Crippen molar-refractivity contribution < 1.29 is 9.53 Å². The van der Waals surface area contributed by atoms with Crippen LogP contribution in [-0.4, -0.2) is 53.1 Å². The summed E-state index contributed by atoms with van der Waals surface area (Å²) in [5.41, 5.74) is 8.12. The fraction of sp³-hybridized carbons (Fsp3) is 0.389. The molecule has 3 rings (SSSR count). The average Bonchev–Trinajstić information content (AvgIpc) is 2.62. The Kier molecular flexibility index (Phi) is 4.87. The smallest absolute Gasteiger partial charge is 0.257 e. The minimum absolute atomic E-state index is 0.0399. The van der Waals surface area contributed by atoms with Crippen LogP contribution in [-0.2, 0) is 4.74 Å². The summed E-state index contributed by atoms with van der Waals surface area (Å²) in [7, 11) is 1.63. The number of nitrogens with two attached hydrogens (primary N) is 1. The zero-order valence-electron chi connectivity index (χ0n) is 14.0. The van der Waals surface area contributed by atoms with E-state index >= 15 is 0 Å². The molecule has 6 heteroatoms. The molecule has 126 valence electrons. The van der Waals surface area contributed by atoms with Crippen molar-refractivity contribution in [3.05, 3.63) is 47.9 Å². The molecule has 2 aromatic rings. The number of piperidine rings is 1. The molecule has 0 radical (unpaired) electrons. The number of benzene rings is 1. The Morgan fingerprint density at radius 2 is 2.08 bits per heavy atom. The molecule has 2 atom stereocenters. The molecular weight excluding hydrogens is 304 g/mol. The lowest BCUT2D eigenvalue weighted by molar-refractivity contribution is 0.0162. The van der Waals surface area contributed by atoms with Crippen molar-refractivity contribution in [3.63, 3.8) is 0 Å². The van der Waals surface area contributed by atoms with Gasteiger partial charge in [0.05, 0.1) is 17.4 Å². The van der Waals surface area contributed by atoms with Crippen LogP contribution >= 0.6 is 0 Å². The molecule has 0 unspecified atom stereocenters. The van der Waals surface area contributed by atoms with Gasteiger partial charge in [0.25, 0.3) is 5.91 Å². The highest BCUT2D eigenvalue weighted by atomic mass is 16.5. The molecule has 2 heterocycles. The molecule has 0 spiro atoms. The van der Waals surface area contributed by atoms with E-state index in [1.807, 2.05) is 37.3 Å². The zero-order valence-corrected chi connectivity index (χ0v) is 14.0. The SMILES string of the molecule is CO[C@@H]1CN(C(=O)c2cnc(C)nc2-c2ccccc2)CC[C@@H]1N. The number of likely N-dealkylation sites (tertiary alicyclic amines) is 1. The van der Waals surface area contributed by atoms with Gasteiger partial charge in [-0.05, 0) is 13.3 Å². The Hall–Kier alpha value is -2.31. The van der Waals surface area contributed by atoms with Crippen LogP contribution in [0.1, 0.15) is 22.6 Å². The summed E-state index contributed by atoms with van der Waals surface area (Å²) in [6, 6.07) is 9.66. The van der Waals surface area contributed by atoms with Crippen LogP contribution in [0.2, 0.25) is 0 Å². The highest BCUT2D eigenvalue weighted by Crippen LogP contribution is 2.24. The Bertz CT molecular complexity index is 720. The molecule has 1 aromatic carbocycles. The minimum atomic E-state index is -0.144. The van der Waals surface area contributed by atoms with E-state index in [1.54, 1.807) is 18.2 Å². The van der Waals surface area contributed by atoms with Crippen LogP contribution < -0.4 is 5.73 Å². The summed E-state index contributed by atoms with van der Waals surface area (Å²) in [4.78, 5) is 23.5. The van der Waals surface area contributed by atoms with E-state index in [2.05, 4.69) is 9.97 Å². The molecule has 0 aliphatic carbocycles. The van der Waals surface area contributed by atoms with Gasteiger partial charge in [-0.2, -0.15) is 0 Å². The lowest BCUT2D eigenvalue weighted by Crippen LogP contribution is -2.53. The molecule has 1 aromatic heterocycles. The number of hydrogen-bond donors (Lipinski definition) is 1. The molecule has 1 aliphatic rings. The third-order valence-corrected chi connectivity index (χ3v) is 4.39. The lowest BCUT2D eigenvalue weighted by Gasteiger charge is -2.36. The van der Waals surface area contributed by atoms with Crippen LogP contribution in [0.15, 0.2) is 36.5 Å². The van der Waals surface area contributed by atoms with Gasteiger partial charge in [-0.25, -0.2) is 9.97 Å². The second kappa shape index (κ2) is 7.07. The van der Waals surface area contributed by atoms with Crippen molar-refractivity contribution in [2.24, 2.45) is 5.73 Å². The maximum atomic E-state index is 13.0. The number of hydrogen-bond acceptors (Lipinski definition) is 5. The van der Waals surface area contributed by atoms with E-state index < -0.39 is 0 Å². The zero-order chi connectivity index (χ0) is 17.1. The highest BCUT2D eigenvalue weighted by molar-refractivity contribution is 5.99. The first kappa shape index (κ1) is 16.5. The molecule has 1 saturated heterocycles. The second-order valence-electron chi connectivity index (χ2n) is 6.02. The summed E-state index contributed by atoms with van der Waals surface area (Å²) >= 11 is 0. The fourth-order valence-corrected chi connectivity index (χ4v) is 2.98. The highest BCUT2D eigenvalue weighted by Gasteiger charge is 2.31. The Morgan fingerprint density at radius 3 is 2.79 bits per heavy atom. The number of nitrogens with zero attached hydrogens (tertiary/aromatic N) is 3. The lowest BCUT2D eigenvalue weighted by atomic mass is 10.0. The Labute approximate surface area is 141 Å². The summed E-state index contributed by atoms with van der Waals surface area (Å²) in [5.74, 6) is 0.559. The molecule has 1 fully saturated rings. The van der Waals surface area contributed by atoms with Crippen LogP contribution in [0, 0.1) is 6.92 Å². The van der Waals surface area contributed by atoms with Crippen LogP contribution in [0.5, 0.6) is 0 Å². The fourth-order valence-electron chi connectivity index (χ4n) is 2.98. The van der Waals surface area contributed by atoms with Crippen LogP contribution in [0.25, 0.3) is 11.3 Å². The number of carbonyl (C=O) groups excluding carboxylic acids is 1. The number of ether oxygens (including phenoxy) is 1. The largest absolute Gasteiger partial charge is 0.378 e. The predicted molar refractivity (Wildman–Crippen MR) is 91.5 cm³/mol. The number of carbonyl (C=O) groups is 1. The standard InChI is InChI=1S/C18H22N4O2/c1-12-20-10-14(17(21-12)13-6-4-3-5-7-13)18(23)22-9-8-15(19)16(11-22)24-2/h3-7,10,15-16H,8-9,11,19H2,1-2H3/t15-,16+/m0/s1. The van der Waals surface area contributed by atoms with Gasteiger partial charge >= 0.3 is 0 Å². The first-order valence-electron chi connectivity index (χ1n) is 8.07. The number of rotatable bonds is 3. The van der Waals surface area contributed by atoms with Crippen molar-refractivity contribution in [3.8, 4) is 11.3 Å². The Balaban J connectivity index is 1.93. The van der Waals surface area contributed by atoms with E-state index in [0.717, 1.165) is 12.0 Å². The molecular formula is C18H22N4O2. The van der Waals surface area contributed by atoms with Crippen molar-refractivity contribution in [2.75, 3.05) is 20.2 Å². The van der Waals surface area contributed by atoms with E-state index in [4.69, 9.17) is 10.5 Å². The van der Waals surface area contributed by atoms with E-state index in [1.165, 1.54) is 0 Å². The monoisotopic (exact) mass is 326 g/mol. The topological polar surface area (TPSA) is 81.3 Å². The molecule has 0 saturated carbocycles. The minimum Gasteiger partial charge on any atom is -0.378 e. The first-order chi connectivity index (χ1) is 11.6. The van der Waals surface area contributed by atoms with Gasteiger partial charge in [0, 0.05) is 38.0 Å². The normalized spacial score (nSPS) is 20.9. The van der Waals surface area contributed by atoms with E-state index in [0.29, 0.717) is 30.2 Å². The summed E-state index contributed by atoms with van der Waals surface area (Å²) in [5, 5.41) is 0. The van der Waals surface area contributed by atoms with Gasteiger partial charge in [-0.15, -0.1) is 0 Å². The van der Waals surface area contributed by atoms with Crippen LogP contribution in [0.4, 0.5) is 0 Å². The molecule has 1 aliphatic heterocycles. The van der Waals surface area contributed by atoms with E-state index in [9.17, 15) is 4.79 Å².